The molecule has 9 nitrogen and oxygen atoms in total. The SMILES string of the molecule is Cc1cc(C(=O)NCc2ccc(S(=O)(=O)N3CCOCC3)s2)ccc1[N+](=O)[O-]. The Balaban J connectivity index is 1.65. The lowest BCUT2D eigenvalue weighted by Crippen LogP contribution is -2.40. The molecule has 1 aromatic carbocycles. The molecule has 0 aliphatic carbocycles. The van der Waals surface area contributed by atoms with Crippen LogP contribution in [-0.4, -0.2) is 49.9 Å². The topological polar surface area (TPSA) is 119 Å². The largest absolute Gasteiger partial charge is 0.379 e. The van der Waals surface area contributed by atoms with Gasteiger partial charge in [0, 0.05) is 35.2 Å². The molecule has 0 spiro atoms. The van der Waals surface area contributed by atoms with Crippen LogP contribution < -0.4 is 5.32 Å². The third-order valence-electron chi connectivity index (χ3n) is 4.28. The Labute approximate surface area is 166 Å². The van der Waals surface area contributed by atoms with Gasteiger partial charge in [-0.1, -0.05) is 0 Å². The zero-order chi connectivity index (χ0) is 20.3. The normalized spacial score (nSPS) is 15.3. The molecule has 2 aromatic rings. The molecule has 1 aliphatic rings. The molecule has 3 rings (SSSR count). The summed E-state index contributed by atoms with van der Waals surface area (Å²) in [5, 5.41) is 13.6. The fraction of sp³-hybridized carbons (Fsp3) is 0.353. The van der Waals surface area contributed by atoms with E-state index in [1.54, 1.807) is 13.0 Å². The van der Waals surface area contributed by atoms with Crippen LogP contribution in [0.25, 0.3) is 0 Å². The molecule has 1 saturated heterocycles. The number of rotatable bonds is 6. The summed E-state index contributed by atoms with van der Waals surface area (Å²) < 4.78 is 32.1. The van der Waals surface area contributed by atoms with Crippen LogP contribution in [-0.2, 0) is 21.3 Å². The first-order valence-electron chi connectivity index (χ1n) is 8.49. The summed E-state index contributed by atoms with van der Waals surface area (Å²) in [6.45, 7) is 3.14. The number of ether oxygens (including phenoxy) is 1. The number of sulfonamides is 1. The standard InChI is InChI=1S/C17H19N3O6S2/c1-12-10-13(2-4-15(12)20(22)23)17(21)18-11-14-3-5-16(27-14)28(24,25)19-6-8-26-9-7-19/h2-5,10H,6-9,11H2,1H3,(H,18,21). The van der Waals surface area contributed by atoms with Crippen LogP contribution in [0, 0.1) is 17.0 Å². The van der Waals surface area contributed by atoms with E-state index in [2.05, 4.69) is 5.32 Å². The van der Waals surface area contributed by atoms with E-state index in [0.29, 0.717) is 42.3 Å². The Bertz CT molecular complexity index is 996. The maximum absolute atomic E-state index is 12.6. The summed E-state index contributed by atoms with van der Waals surface area (Å²) in [5.41, 5.74) is 0.654. The van der Waals surface area contributed by atoms with Gasteiger partial charge in [-0.05, 0) is 31.2 Å². The molecule has 11 heteroatoms. The van der Waals surface area contributed by atoms with Crippen molar-refractivity contribution in [2.24, 2.45) is 0 Å². The molecule has 1 aromatic heterocycles. The number of benzene rings is 1. The Hall–Kier alpha value is -2.34. The molecule has 0 bridgehead atoms. The highest BCUT2D eigenvalue weighted by molar-refractivity contribution is 7.91. The smallest absolute Gasteiger partial charge is 0.272 e. The fourth-order valence-corrected chi connectivity index (χ4v) is 5.63. The lowest BCUT2D eigenvalue weighted by molar-refractivity contribution is -0.385. The number of carbonyl (C=O) groups excluding carboxylic acids is 1. The van der Waals surface area contributed by atoms with Gasteiger partial charge in [-0.2, -0.15) is 4.31 Å². The van der Waals surface area contributed by atoms with Gasteiger partial charge in [0.2, 0.25) is 0 Å². The number of nitro groups is 1. The molecule has 1 aliphatic heterocycles. The number of hydrogen-bond donors (Lipinski definition) is 1. The van der Waals surface area contributed by atoms with Crippen molar-refractivity contribution in [3.63, 3.8) is 0 Å². The maximum Gasteiger partial charge on any atom is 0.272 e. The number of morpholine rings is 1. The summed E-state index contributed by atoms with van der Waals surface area (Å²) in [7, 11) is -3.56. The molecule has 1 amide bonds. The number of nitrogens with one attached hydrogen (secondary N) is 1. The number of nitro benzene ring substituents is 1. The summed E-state index contributed by atoms with van der Waals surface area (Å²) in [6.07, 6.45) is 0. The molecule has 150 valence electrons. The van der Waals surface area contributed by atoms with Crippen molar-refractivity contribution in [1.29, 1.82) is 0 Å². The van der Waals surface area contributed by atoms with E-state index in [-0.39, 0.29) is 22.3 Å². The molecular weight excluding hydrogens is 406 g/mol. The van der Waals surface area contributed by atoms with Crippen molar-refractivity contribution in [3.8, 4) is 0 Å². The fourth-order valence-electron chi connectivity index (χ4n) is 2.78. The maximum atomic E-state index is 12.6. The van der Waals surface area contributed by atoms with Crippen molar-refractivity contribution in [2.75, 3.05) is 26.3 Å². The van der Waals surface area contributed by atoms with Gasteiger partial charge in [-0.25, -0.2) is 8.42 Å². The van der Waals surface area contributed by atoms with Crippen LogP contribution in [0.4, 0.5) is 5.69 Å². The molecule has 0 radical (unpaired) electrons. The third-order valence-corrected chi connectivity index (χ3v) is 7.73. The Morgan fingerprint density at radius 3 is 2.64 bits per heavy atom. The Morgan fingerprint density at radius 2 is 2.00 bits per heavy atom. The molecule has 1 fully saturated rings. The highest BCUT2D eigenvalue weighted by atomic mass is 32.2. The molecule has 2 heterocycles. The number of aryl methyl sites for hydroxylation is 1. The summed E-state index contributed by atoms with van der Waals surface area (Å²) in [6, 6.07) is 7.34. The number of carbonyl (C=O) groups is 1. The Morgan fingerprint density at radius 1 is 1.29 bits per heavy atom. The quantitative estimate of drug-likeness (QED) is 0.558. The van der Waals surface area contributed by atoms with Gasteiger partial charge >= 0.3 is 0 Å². The zero-order valence-corrected chi connectivity index (χ0v) is 16.7. The lowest BCUT2D eigenvalue weighted by atomic mass is 10.1. The van der Waals surface area contributed by atoms with Crippen molar-refractivity contribution in [3.05, 3.63) is 56.5 Å². The van der Waals surface area contributed by atoms with Crippen molar-refractivity contribution in [1.82, 2.24) is 9.62 Å². The number of hydrogen-bond acceptors (Lipinski definition) is 7. The Kier molecular flexibility index (Phi) is 6.08. The van der Waals surface area contributed by atoms with E-state index >= 15 is 0 Å². The van der Waals surface area contributed by atoms with Crippen molar-refractivity contribution >= 4 is 33.0 Å². The van der Waals surface area contributed by atoms with Crippen LogP contribution in [0.15, 0.2) is 34.5 Å². The molecule has 28 heavy (non-hydrogen) atoms. The molecule has 1 N–H and O–H groups in total. The third kappa shape index (κ3) is 4.38. The van der Waals surface area contributed by atoms with E-state index in [9.17, 15) is 23.3 Å². The predicted octanol–water partition coefficient (Wildman–Crippen LogP) is 1.92. The summed E-state index contributed by atoms with van der Waals surface area (Å²) in [5.74, 6) is -0.385. The second-order valence-electron chi connectivity index (χ2n) is 6.18. The van der Waals surface area contributed by atoms with Crippen molar-refractivity contribution < 1.29 is 22.9 Å². The van der Waals surface area contributed by atoms with Gasteiger partial charge in [-0.3, -0.25) is 14.9 Å². The van der Waals surface area contributed by atoms with Gasteiger partial charge in [-0.15, -0.1) is 11.3 Å². The number of amides is 1. The minimum atomic E-state index is -3.56. The van der Waals surface area contributed by atoms with Gasteiger partial charge in [0.05, 0.1) is 24.7 Å². The first-order chi connectivity index (χ1) is 13.3. The van der Waals surface area contributed by atoms with Gasteiger partial charge < -0.3 is 10.1 Å². The summed E-state index contributed by atoms with van der Waals surface area (Å²) in [4.78, 5) is 23.3. The second-order valence-corrected chi connectivity index (χ2v) is 9.51. The average molecular weight is 425 g/mol. The van der Waals surface area contributed by atoms with Crippen LogP contribution in [0.2, 0.25) is 0 Å². The highest BCUT2D eigenvalue weighted by Crippen LogP contribution is 2.25. The monoisotopic (exact) mass is 425 g/mol. The number of thiophene rings is 1. The minimum absolute atomic E-state index is 0.0484. The predicted molar refractivity (Wildman–Crippen MR) is 103 cm³/mol. The van der Waals surface area contributed by atoms with E-state index < -0.39 is 14.9 Å². The number of nitrogens with zero attached hydrogens (tertiary/aromatic N) is 2. The second kappa shape index (κ2) is 8.35. The molecule has 0 saturated carbocycles. The van der Waals surface area contributed by atoms with Crippen LogP contribution in [0.5, 0.6) is 0 Å². The van der Waals surface area contributed by atoms with Crippen LogP contribution in [0.3, 0.4) is 0 Å². The van der Waals surface area contributed by atoms with Gasteiger partial charge in [0.15, 0.2) is 0 Å². The molecular formula is C17H19N3O6S2. The van der Waals surface area contributed by atoms with Gasteiger partial charge in [0.1, 0.15) is 4.21 Å². The van der Waals surface area contributed by atoms with E-state index in [4.69, 9.17) is 4.74 Å². The molecule has 0 atom stereocenters. The van der Waals surface area contributed by atoms with Crippen LogP contribution in [0.1, 0.15) is 20.8 Å². The van der Waals surface area contributed by atoms with E-state index in [1.165, 1.54) is 28.6 Å². The lowest BCUT2D eigenvalue weighted by Gasteiger charge is -2.25. The molecule has 0 unspecified atom stereocenters. The zero-order valence-electron chi connectivity index (χ0n) is 15.1. The van der Waals surface area contributed by atoms with E-state index in [1.807, 2.05) is 0 Å². The summed E-state index contributed by atoms with van der Waals surface area (Å²) >= 11 is 1.11. The van der Waals surface area contributed by atoms with Crippen LogP contribution >= 0.6 is 11.3 Å². The first kappa shape index (κ1) is 20.4. The highest BCUT2D eigenvalue weighted by Gasteiger charge is 2.27. The first-order valence-corrected chi connectivity index (χ1v) is 10.7. The average Bonchev–Trinajstić information content (AvgIpc) is 3.16. The van der Waals surface area contributed by atoms with E-state index in [0.717, 1.165) is 11.3 Å². The van der Waals surface area contributed by atoms with Gasteiger partial charge in [0.25, 0.3) is 21.6 Å². The van der Waals surface area contributed by atoms with Crippen molar-refractivity contribution in [2.45, 2.75) is 17.7 Å². The minimum Gasteiger partial charge on any atom is -0.379 e.